The molecule has 3 aromatic rings. The number of rotatable bonds is 5. The minimum absolute atomic E-state index is 0.208. The molecule has 0 bridgehead atoms. The second-order valence-electron chi connectivity index (χ2n) is 5.32. The van der Waals surface area contributed by atoms with Gasteiger partial charge in [-0.15, -0.1) is 0 Å². The van der Waals surface area contributed by atoms with Crippen LogP contribution in [-0.2, 0) is 17.9 Å². The lowest BCUT2D eigenvalue weighted by atomic mass is 10.1. The van der Waals surface area contributed by atoms with E-state index in [4.69, 9.17) is 0 Å². The van der Waals surface area contributed by atoms with E-state index >= 15 is 0 Å². The second kappa shape index (κ2) is 7.48. The van der Waals surface area contributed by atoms with Gasteiger partial charge in [-0.1, -0.05) is 6.07 Å². The number of hydrogen-bond acceptors (Lipinski definition) is 4. The number of amides is 1. The van der Waals surface area contributed by atoms with Crippen molar-refractivity contribution in [2.24, 2.45) is 0 Å². The van der Waals surface area contributed by atoms with Gasteiger partial charge >= 0.3 is 0 Å². The third-order valence-corrected chi connectivity index (χ3v) is 3.49. The summed E-state index contributed by atoms with van der Waals surface area (Å²) in [6.07, 6.45) is 1.64. The first-order valence-electron chi connectivity index (χ1n) is 7.62. The molecule has 0 saturated carbocycles. The van der Waals surface area contributed by atoms with Crippen molar-refractivity contribution in [3.05, 3.63) is 82.7 Å². The molecule has 0 radical (unpaired) electrons. The van der Waals surface area contributed by atoms with Crippen LogP contribution in [0.3, 0.4) is 0 Å². The van der Waals surface area contributed by atoms with E-state index < -0.39 is 0 Å². The largest absolute Gasteiger partial charge is 0.349 e. The van der Waals surface area contributed by atoms with Gasteiger partial charge in [-0.2, -0.15) is 5.10 Å². The third-order valence-electron chi connectivity index (χ3n) is 3.49. The van der Waals surface area contributed by atoms with Crippen molar-refractivity contribution < 1.29 is 9.18 Å². The van der Waals surface area contributed by atoms with Crippen LogP contribution in [0.5, 0.6) is 0 Å². The molecule has 2 aromatic heterocycles. The molecule has 1 N–H and O–H groups in total. The summed E-state index contributed by atoms with van der Waals surface area (Å²) in [5.41, 5.74) is 1.47. The molecule has 3 rings (SSSR count). The summed E-state index contributed by atoms with van der Waals surface area (Å²) in [5.74, 6) is -0.706. The van der Waals surface area contributed by atoms with Crippen LogP contribution in [0.25, 0.3) is 11.3 Å². The molecule has 0 spiro atoms. The number of nitrogens with one attached hydrogen (secondary N) is 1. The van der Waals surface area contributed by atoms with Crippen molar-refractivity contribution in [3.63, 3.8) is 0 Å². The van der Waals surface area contributed by atoms with Crippen LogP contribution in [0, 0.1) is 5.82 Å². The molecule has 6 nitrogen and oxygen atoms in total. The summed E-state index contributed by atoms with van der Waals surface area (Å²) in [5, 5.41) is 6.86. The van der Waals surface area contributed by atoms with Crippen LogP contribution >= 0.6 is 0 Å². The van der Waals surface area contributed by atoms with Gasteiger partial charge in [0.15, 0.2) is 0 Å². The second-order valence-corrected chi connectivity index (χ2v) is 5.32. The van der Waals surface area contributed by atoms with E-state index in [2.05, 4.69) is 15.4 Å². The number of pyridine rings is 1. The average molecular weight is 338 g/mol. The standard InChI is InChI=1S/C18H15FN4O2/c19-14-6-4-13(5-7-14)16-8-9-18(25)23(22-16)12-17(24)21-11-15-3-1-2-10-20-15/h1-10H,11-12H2,(H,21,24). The SMILES string of the molecule is O=C(Cn1nc(-c2ccc(F)cc2)ccc1=O)NCc1ccccn1. The molecule has 0 fully saturated rings. The lowest BCUT2D eigenvalue weighted by Gasteiger charge is -2.08. The van der Waals surface area contributed by atoms with Crippen molar-refractivity contribution in [2.45, 2.75) is 13.1 Å². The number of hydrogen-bond donors (Lipinski definition) is 1. The summed E-state index contributed by atoms with van der Waals surface area (Å²) in [4.78, 5) is 28.1. The fourth-order valence-corrected chi connectivity index (χ4v) is 2.22. The van der Waals surface area contributed by atoms with Crippen molar-refractivity contribution in [3.8, 4) is 11.3 Å². The van der Waals surface area contributed by atoms with Gasteiger partial charge in [0.25, 0.3) is 5.56 Å². The Kier molecular flexibility index (Phi) is 4.94. The highest BCUT2D eigenvalue weighted by Gasteiger charge is 2.08. The molecule has 1 amide bonds. The zero-order valence-corrected chi connectivity index (χ0v) is 13.2. The fourth-order valence-electron chi connectivity index (χ4n) is 2.22. The number of nitrogens with zero attached hydrogens (tertiary/aromatic N) is 3. The number of aromatic nitrogens is 3. The highest BCUT2D eigenvalue weighted by atomic mass is 19.1. The maximum atomic E-state index is 13.0. The van der Waals surface area contributed by atoms with Gasteiger partial charge in [0.1, 0.15) is 12.4 Å². The van der Waals surface area contributed by atoms with Crippen molar-refractivity contribution >= 4 is 5.91 Å². The van der Waals surface area contributed by atoms with Gasteiger partial charge in [0, 0.05) is 17.8 Å². The van der Waals surface area contributed by atoms with E-state index in [-0.39, 0.29) is 30.4 Å². The topological polar surface area (TPSA) is 76.9 Å². The van der Waals surface area contributed by atoms with Crippen LogP contribution in [0.4, 0.5) is 4.39 Å². The minimum Gasteiger partial charge on any atom is -0.349 e. The highest BCUT2D eigenvalue weighted by Crippen LogP contribution is 2.15. The summed E-state index contributed by atoms with van der Waals surface area (Å²) >= 11 is 0. The van der Waals surface area contributed by atoms with Gasteiger partial charge < -0.3 is 5.32 Å². The number of carbonyl (C=O) groups is 1. The monoisotopic (exact) mass is 338 g/mol. The highest BCUT2D eigenvalue weighted by molar-refractivity contribution is 5.75. The maximum Gasteiger partial charge on any atom is 0.267 e. The van der Waals surface area contributed by atoms with E-state index in [1.165, 1.54) is 24.3 Å². The first-order chi connectivity index (χ1) is 12.1. The van der Waals surface area contributed by atoms with Gasteiger partial charge in [-0.05, 0) is 42.5 Å². The quantitative estimate of drug-likeness (QED) is 0.769. The Labute approximate surface area is 143 Å². The molecule has 0 aliphatic rings. The predicted molar refractivity (Wildman–Crippen MR) is 90.0 cm³/mol. The van der Waals surface area contributed by atoms with E-state index in [1.807, 2.05) is 6.07 Å². The Morgan fingerprint density at radius 1 is 1.08 bits per heavy atom. The molecule has 126 valence electrons. The van der Waals surface area contributed by atoms with Crippen molar-refractivity contribution in [2.75, 3.05) is 0 Å². The Morgan fingerprint density at radius 3 is 2.60 bits per heavy atom. The Morgan fingerprint density at radius 2 is 1.88 bits per heavy atom. The molecule has 25 heavy (non-hydrogen) atoms. The summed E-state index contributed by atoms with van der Waals surface area (Å²) < 4.78 is 14.1. The number of carbonyl (C=O) groups excluding carboxylic acids is 1. The van der Waals surface area contributed by atoms with Gasteiger partial charge in [-0.25, -0.2) is 9.07 Å². The molecular formula is C18H15FN4O2. The zero-order chi connectivity index (χ0) is 17.6. The number of benzene rings is 1. The molecule has 7 heteroatoms. The van der Waals surface area contributed by atoms with Crippen LogP contribution in [0.1, 0.15) is 5.69 Å². The fraction of sp³-hybridized carbons (Fsp3) is 0.111. The summed E-state index contributed by atoms with van der Waals surface area (Å²) in [6.45, 7) is 0.0623. The van der Waals surface area contributed by atoms with Gasteiger partial charge in [0.2, 0.25) is 5.91 Å². The first kappa shape index (κ1) is 16.5. The molecule has 1 aromatic carbocycles. The number of halogens is 1. The van der Waals surface area contributed by atoms with Crippen LogP contribution in [0.15, 0.2) is 65.6 Å². The summed E-state index contributed by atoms with van der Waals surface area (Å²) in [6, 6.07) is 14.0. The molecule has 0 saturated heterocycles. The summed E-state index contributed by atoms with van der Waals surface area (Å²) in [7, 11) is 0. The minimum atomic E-state index is -0.390. The van der Waals surface area contributed by atoms with E-state index in [0.29, 0.717) is 11.3 Å². The van der Waals surface area contributed by atoms with Gasteiger partial charge in [-0.3, -0.25) is 14.6 Å². The van der Waals surface area contributed by atoms with Crippen LogP contribution in [-0.4, -0.2) is 20.7 Å². The van der Waals surface area contributed by atoms with E-state index in [0.717, 1.165) is 10.4 Å². The molecular weight excluding hydrogens is 323 g/mol. The first-order valence-corrected chi connectivity index (χ1v) is 7.62. The molecule has 2 heterocycles. The molecule has 0 unspecified atom stereocenters. The predicted octanol–water partition coefficient (Wildman–Crippen LogP) is 1.76. The third kappa shape index (κ3) is 4.35. The van der Waals surface area contributed by atoms with Crippen molar-refractivity contribution in [1.29, 1.82) is 0 Å². The Balaban J connectivity index is 1.71. The molecule has 0 atom stereocenters. The smallest absolute Gasteiger partial charge is 0.267 e. The molecule has 0 aliphatic carbocycles. The zero-order valence-electron chi connectivity index (χ0n) is 13.2. The average Bonchev–Trinajstić information content (AvgIpc) is 2.63. The van der Waals surface area contributed by atoms with Gasteiger partial charge in [0.05, 0.1) is 17.9 Å². The Bertz CT molecular complexity index is 924. The van der Waals surface area contributed by atoms with Crippen molar-refractivity contribution in [1.82, 2.24) is 20.1 Å². The lowest BCUT2D eigenvalue weighted by Crippen LogP contribution is -2.33. The van der Waals surface area contributed by atoms with Crippen LogP contribution in [0.2, 0.25) is 0 Å². The maximum absolute atomic E-state index is 13.0. The van der Waals surface area contributed by atoms with E-state index in [1.54, 1.807) is 30.5 Å². The molecule has 0 aliphatic heterocycles. The van der Waals surface area contributed by atoms with E-state index in [9.17, 15) is 14.0 Å². The van der Waals surface area contributed by atoms with Crippen LogP contribution < -0.4 is 10.9 Å². The Hall–Kier alpha value is -3.35. The normalized spacial score (nSPS) is 10.4. The lowest BCUT2D eigenvalue weighted by molar-refractivity contribution is -0.122.